The first-order valence-corrected chi connectivity index (χ1v) is 6.54. The van der Waals surface area contributed by atoms with E-state index in [9.17, 15) is 0 Å². The molecule has 0 aromatic heterocycles. The molecule has 0 radical (unpaired) electrons. The Morgan fingerprint density at radius 1 is 1.44 bits per heavy atom. The third-order valence-electron chi connectivity index (χ3n) is 1.64. The maximum absolute atomic E-state index is 5.39. The summed E-state index contributed by atoms with van der Waals surface area (Å²) in [6.07, 6.45) is 4.12. The van der Waals surface area contributed by atoms with Crippen molar-refractivity contribution in [2.45, 2.75) is 20.0 Å². The number of hydrogen-bond acceptors (Lipinski definition) is 5. The molecule has 1 unspecified atom stereocenters. The maximum atomic E-state index is 5.39. The summed E-state index contributed by atoms with van der Waals surface area (Å²) in [7, 11) is 1.64. The van der Waals surface area contributed by atoms with E-state index in [4.69, 9.17) is 26.4 Å². The lowest BCUT2D eigenvalue weighted by Crippen LogP contribution is -2.11. The van der Waals surface area contributed by atoms with Crippen molar-refractivity contribution in [2.75, 3.05) is 32.9 Å². The number of thioether (sulfide) groups is 1. The molecule has 0 aliphatic carbocycles. The number of rotatable bonds is 9. The van der Waals surface area contributed by atoms with Crippen molar-refractivity contribution in [1.82, 2.24) is 0 Å². The quantitative estimate of drug-likeness (QED) is 0.276. The first-order valence-electron chi connectivity index (χ1n) is 5.15. The summed E-state index contributed by atoms with van der Waals surface area (Å²) in [6, 6.07) is 0. The molecule has 0 saturated heterocycles. The van der Waals surface area contributed by atoms with E-state index in [2.05, 4.69) is 6.08 Å². The number of thiocarbonyl (C=S) groups is 1. The molecule has 0 saturated carbocycles. The van der Waals surface area contributed by atoms with Gasteiger partial charge in [0.1, 0.15) is 6.79 Å². The van der Waals surface area contributed by atoms with E-state index in [-0.39, 0.29) is 6.10 Å². The van der Waals surface area contributed by atoms with Gasteiger partial charge in [-0.15, -0.1) is 11.8 Å². The van der Waals surface area contributed by atoms with Crippen LogP contribution in [0.5, 0.6) is 0 Å². The summed E-state index contributed by atoms with van der Waals surface area (Å²) in [5.74, 6) is 0.896. The molecule has 0 spiro atoms. The molecule has 3 nitrogen and oxygen atoms in total. The van der Waals surface area contributed by atoms with E-state index < -0.39 is 0 Å². The van der Waals surface area contributed by atoms with Gasteiger partial charge in [0.2, 0.25) is 0 Å². The van der Waals surface area contributed by atoms with Crippen molar-refractivity contribution in [3.05, 3.63) is 12.2 Å². The Bertz CT molecular complexity index is 207. The second-order valence-corrected chi connectivity index (χ2v) is 5.23. The van der Waals surface area contributed by atoms with Crippen LogP contribution < -0.4 is 0 Å². The van der Waals surface area contributed by atoms with E-state index in [0.29, 0.717) is 20.0 Å². The van der Waals surface area contributed by atoms with Gasteiger partial charge in [0.25, 0.3) is 0 Å². The molecule has 0 bridgehead atoms. The normalized spacial score (nSPS) is 13.2. The summed E-state index contributed by atoms with van der Waals surface area (Å²) >= 11 is 6.60. The highest BCUT2D eigenvalue weighted by atomic mass is 32.2. The van der Waals surface area contributed by atoms with Crippen molar-refractivity contribution in [3.63, 3.8) is 0 Å². The molecule has 16 heavy (non-hydrogen) atoms. The summed E-state index contributed by atoms with van der Waals surface area (Å²) < 4.78 is 16.4. The Morgan fingerprint density at radius 2 is 2.19 bits per heavy atom. The molecular weight excluding hydrogens is 244 g/mol. The molecule has 0 heterocycles. The van der Waals surface area contributed by atoms with Gasteiger partial charge in [0.05, 0.1) is 19.3 Å². The second-order valence-electron chi connectivity index (χ2n) is 3.12. The Morgan fingerprint density at radius 3 is 2.81 bits per heavy atom. The molecule has 94 valence electrons. The van der Waals surface area contributed by atoms with Crippen LogP contribution in [0.25, 0.3) is 0 Å². The SMILES string of the molecule is COCCOCOC(C)/C=C/CSC(C)=S. The lowest BCUT2D eigenvalue weighted by molar-refractivity contribution is -0.0803. The standard InChI is InChI=1S/C11H20O3S2/c1-10(5-4-8-16-11(2)15)14-9-13-7-6-12-3/h4-5,10H,6-9H2,1-3H3/b5-4+. The van der Waals surface area contributed by atoms with Gasteiger partial charge in [-0.3, -0.25) is 0 Å². The molecular formula is C11H20O3S2. The van der Waals surface area contributed by atoms with E-state index in [1.807, 2.05) is 19.9 Å². The van der Waals surface area contributed by atoms with Gasteiger partial charge in [0, 0.05) is 17.1 Å². The maximum Gasteiger partial charge on any atom is 0.147 e. The predicted octanol–water partition coefficient (Wildman–Crippen LogP) is 2.65. The van der Waals surface area contributed by atoms with Crippen molar-refractivity contribution in [3.8, 4) is 0 Å². The summed E-state index contributed by atoms with van der Waals surface area (Å²) in [6.45, 7) is 5.36. The fraction of sp³-hybridized carbons (Fsp3) is 0.727. The van der Waals surface area contributed by atoms with Crippen LogP contribution in [-0.2, 0) is 14.2 Å². The van der Waals surface area contributed by atoms with E-state index in [1.54, 1.807) is 18.9 Å². The number of hydrogen-bond donors (Lipinski definition) is 0. The van der Waals surface area contributed by atoms with Crippen LogP contribution in [0.15, 0.2) is 12.2 Å². The van der Waals surface area contributed by atoms with Crippen LogP contribution in [0, 0.1) is 0 Å². The van der Waals surface area contributed by atoms with Crippen LogP contribution in [0.1, 0.15) is 13.8 Å². The highest BCUT2D eigenvalue weighted by Gasteiger charge is 1.96. The third-order valence-corrected chi connectivity index (χ3v) is 2.76. The van der Waals surface area contributed by atoms with Crippen LogP contribution in [0.4, 0.5) is 0 Å². The molecule has 5 heteroatoms. The van der Waals surface area contributed by atoms with E-state index >= 15 is 0 Å². The lowest BCUT2D eigenvalue weighted by atomic mass is 10.4. The molecule has 0 aliphatic heterocycles. The van der Waals surface area contributed by atoms with Gasteiger partial charge in [-0.25, -0.2) is 0 Å². The topological polar surface area (TPSA) is 27.7 Å². The average Bonchev–Trinajstić information content (AvgIpc) is 2.24. The minimum absolute atomic E-state index is 0.0635. The monoisotopic (exact) mass is 264 g/mol. The van der Waals surface area contributed by atoms with Gasteiger partial charge < -0.3 is 14.2 Å². The lowest BCUT2D eigenvalue weighted by Gasteiger charge is -2.09. The Balaban J connectivity index is 3.35. The largest absolute Gasteiger partial charge is 0.382 e. The van der Waals surface area contributed by atoms with Crippen LogP contribution in [0.2, 0.25) is 0 Å². The van der Waals surface area contributed by atoms with Crippen LogP contribution in [-0.4, -0.2) is 43.2 Å². The molecule has 1 atom stereocenters. The smallest absolute Gasteiger partial charge is 0.147 e. The van der Waals surface area contributed by atoms with Gasteiger partial charge >= 0.3 is 0 Å². The first kappa shape index (κ1) is 16.1. The third kappa shape index (κ3) is 12.1. The van der Waals surface area contributed by atoms with Gasteiger partial charge in [0.15, 0.2) is 0 Å². The molecule has 0 amide bonds. The zero-order valence-electron chi connectivity index (χ0n) is 10.1. The van der Waals surface area contributed by atoms with Gasteiger partial charge in [-0.2, -0.15) is 0 Å². The van der Waals surface area contributed by atoms with Crippen molar-refractivity contribution in [1.29, 1.82) is 0 Å². The summed E-state index contributed by atoms with van der Waals surface area (Å²) in [4.78, 5) is 0. The number of ether oxygens (including phenoxy) is 3. The van der Waals surface area contributed by atoms with Crippen LogP contribution in [0.3, 0.4) is 0 Å². The Labute approximate surface area is 108 Å². The molecule has 0 rings (SSSR count). The molecule has 0 aromatic carbocycles. The van der Waals surface area contributed by atoms with E-state index in [0.717, 1.165) is 9.95 Å². The minimum atomic E-state index is 0.0635. The van der Waals surface area contributed by atoms with Crippen LogP contribution >= 0.6 is 24.0 Å². The first-order chi connectivity index (χ1) is 7.66. The highest BCUT2D eigenvalue weighted by Crippen LogP contribution is 2.04. The Hall–Kier alpha value is 0.0600. The summed E-state index contributed by atoms with van der Waals surface area (Å²) in [5.41, 5.74) is 0. The molecule has 0 aliphatic rings. The summed E-state index contributed by atoms with van der Waals surface area (Å²) in [5, 5.41) is 0. The van der Waals surface area contributed by atoms with Crippen molar-refractivity contribution in [2.24, 2.45) is 0 Å². The van der Waals surface area contributed by atoms with Gasteiger partial charge in [-0.05, 0) is 13.8 Å². The molecule has 0 aromatic rings. The minimum Gasteiger partial charge on any atom is -0.382 e. The highest BCUT2D eigenvalue weighted by molar-refractivity contribution is 8.23. The Kier molecular flexibility index (Phi) is 11.6. The van der Waals surface area contributed by atoms with Gasteiger partial charge in [-0.1, -0.05) is 24.4 Å². The fourth-order valence-corrected chi connectivity index (χ4v) is 1.47. The average molecular weight is 264 g/mol. The molecule has 0 N–H and O–H groups in total. The second kappa shape index (κ2) is 11.5. The molecule has 0 fully saturated rings. The predicted molar refractivity (Wildman–Crippen MR) is 73.1 cm³/mol. The van der Waals surface area contributed by atoms with Crippen molar-refractivity contribution >= 4 is 28.2 Å². The van der Waals surface area contributed by atoms with Crippen molar-refractivity contribution < 1.29 is 14.2 Å². The zero-order chi connectivity index (χ0) is 12.2. The van der Waals surface area contributed by atoms with E-state index in [1.165, 1.54) is 0 Å². The fourth-order valence-electron chi connectivity index (χ4n) is 0.825. The number of methoxy groups -OCH3 is 1. The zero-order valence-corrected chi connectivity index (χ0v) is 11.7.